The van der Waals surface area contributed by atoms with Crippen LogP contribution in [0.1, 0.15) is 0 Å². The summed E-state index contributed by atoms with van der Waals surface area (Å²) >= 11 is 0. The molecule has 2 unspecified atom stereocenters. The Morgan fingerprint density at radius 1 is 1.06 bits per heavy atom. The first-order chi connectivity index (χ1) is 7.93. The fraction of sp³-hybridized carbons (Fsp3) is 0.231. The predicted octanol–water partition coefficient (Wildman–Crippen LogP) is 1.58. The van der Waals surface area contributed by atoms with Crippen molar-refractivity contribution in [2.45, 2.75) is 6.17 Å². The smallest absolute Gasteiger partial charge is 0.103 e. The molecule has 0 spiro atoms. The maximum Gasteiger partial charge on any atom is 0.103 e. The van der Waals surface area contributed by atoms with Gasteiger partial charge in [-0.3, -0.25) is 0 Å². The Balaban J connectivity index is 1.42. The molecule has 2 N–H and O–H groups in total. The molecule has 3 aliphatic rings. The minimum atomic E-state index is 0.404. The van der Waals surface area contributed by atoms with Gasteiger partial charge in [0, 0.05) is 11.8 Å². The van der Waals surface area contributed by atoms with E-state index >= 15 is 0 Å². The number of allylic oxidation sites excluding steroid dienone is 3. The van der Waals surface area contributed by atoms with Crippen LogP contribution < -0.4 is 16.0 Å². The first-order valence-electron chi connectivity index (χ1n) is 5.69. The molecule has 0 bridgehead atoms. The molecule has 1 saturated heterocycles. The van der Waals surface area contributed by atoms with Crippen LogP contribution in [-0.2, 0) is 0 Å². The third-order valence-electron chi connectivity index (χ3n) is 3.56. The number of para-hydroxylation sites is 1. The fourth-order valence-corrected chi connectivity index (χ4v) is 2.63. The van der Waals surface area contributed by atoms with Crippen LogP contribution in [0.15, 0.2) is 54.1 Å². The van der Waals surface area contributed by atoms with Gasteiger partial charge in [-0.2, -0.15) is 10.9 Å². The van der Waals surface area contributed by atoms with E-state index in [4.69, 9.17) is 0 Å². The second-order valence-electron chi connectivity index (χ2n) is 4.51. The van der Waals surface area contributed by atoms with E-state index in [1.54, 1.807) is 5.57 Å². The molecule has 80 valence electrons. The van der Waals surface area contributed by atoms with Gasteiger partial charge in [-0.15, -0.1) is 0 Å². The average Bonchev–Trinajstić information content (AvgIpc) is 2.73. The van der Waals surface area contributed by atoms with Gasteiger partial charge in [-0.1, -0.05) is 42.0 Å². The molecule has 2 aliphatic carbocycles. The Labute approximate surface area is 94.4 Å². The molecule has 0 aromatic heterocycles. The predicted molar refractivity (Wildman–Crippen MR) is 63.2 cm³/mol. The van der Waals surface area contributed by atoms with Gasteiger partial charge in [-0.25, -0.2) is 5.12 Å². The van der Waals surface area contributed by atoms with Crippen molar-refractivity contribution in [3.05, 3.63) is 54.1 Å². The summed E-state index contributed by atoms with van der Waals surface area (Å²) in [5.74, 6) is 1.37. The zero-order valence-electron chi connectivity index (χ0n) is 8.80. The van der Waals surface area contributed by atoms with E-state index in [0.29, 0.717) is 18.0 Å². The standard InChI is InChI=1S/C13H13N3/c1-2-5-9(6-3-1)16-14-13(15-16)12-10-7-4-8-11(10)12/h1-8,10,12-15H. The van der Waals surface area contributed by atoms with E-state index in [0.717, 1.165) is 5.69 Å². The average molecular weight is 211 g/mol. The van der Waals surface area contributed by atoms with Crippen molar-refractivity contribution in [1.82, 2.24) is 10.9 Å². The highest BCUT2D eigenvalue weighted by Gasteiger charge is 2.52. The van der Waals surface area contributed by atoms with Crippen molar-refractivity contribution in [2.24, 2.45) is 11.8 Å². The van der Waals surface area contributed by atoms with Crippen molar-refractivity contribution in [2.75, 3.05) is 5.12 Å². The van der Waals surface area contributed by atoms with Crippen molar-refractivity contribution < 1.29 is 0 Å². The number of hydrogen-bond acceptors (Lipinski definition) is 3. The van der Waals surface area contributed by atoms with Crippen LogP contribution in [0.3, 0.4) is 0 Å². The number of benzene rings is 1. The van der Waals surface area contributed by atoms with Crippen LogP contribution in [-0.4, -0.2) is 6.17 Å². The second kappa shape index (κ2) is 2.97. The number of rotatable bonds is 2. The van der Waals surface area contributed by atoms with Crippen LogP contribution in [0.2, 0.25) is 0 Å². The largest absolute Gasteiger partial charge is 0.239 e. The fourth-order valence-electron chi connectivity index (χ4n) is 2.63. The lowest BCUT2D eigenvalue weighted by molar-refractivity contribution is 0.232. The third kappa shape index (κ3) is 1.10. The molecule has 0 amide bonds. The summed E-state index contributed by atoms with van der Waals surface area (Å²) in [7, 11) is 0. The van der Waals surface area contributed by atoms with Crippen LogP contribution >= 0.6 is 0 Å². The summed E-state index contributed by atoms with van der Waals surface area (Å²) in [5.41, 5.74) is 9.60. The van der Waals surface area contributed by atoms with Gasteiger partial charge < -0.3 is 0 Å². The Morgan fingerprint density at radius 2 is 1.88 bits per heavy atom. The monoisotopic (exact) mass is 211 g/mol. The number of hydrogen-bond donors (Lipinski definition) is 2. The molecule has 1 aromatic carbocycles. The molecule has 1 heterocycles. The topological polar surface area (TPSA) is 27.3 Å². The van der Waals surface area contributed by atoms with Crippen LogP contribution in [0.25, 0.3) is 0 Å². The van der Waals surface area contributed by atoms with E-state index in [-0.39, 0.29) is 0 Å². The van der Waals surface area contributed by atoms with Gasteiger partial charge >= 0.3 is 0 Å². The molecule has 2 fully saturated rings. The Bertz CT molecular complexity index is 471. The molecule has 1 saturated carbocycles. The SMILES string of the molecule is C1=CC2C(=C1)C2C1NN(c2ccccc2)N1. The zero-order chi connectivity index (χ0) is 10.5. The highest BCUT2D eigenvalue weighted by molar-refractivity contribution is 5.49. The zero-order valence-corrected chi connectivity index (χ0v) is 8.80. The van der Waals surface area contributed by atoms with Gasteiger partial charge in [-0.05, 0) is 12.1 Å². The van der Waals surface area contributed by atoms with Crippen molar-refractivity contribution in [3.63, 3.8) is 0 Å². The molecule has 3 heteroatoms. The first kappa shape index (κ1) is 8.56. The molecule has 1 aliphatic heterocycles. The quantitative estimate of drug-likeness (QED) is 0.777. The highest BCUT2D eigenvalue weighted by atomic mass is 15.9. The summed E-state index contributed by atoms with van der Waals surface area (Å²) in [6.45, 7) is 0. The van der Waals surface area contributed by atoms with E-state index in [2.05, 4.69) is 41.2 Å². The van der Waals surface area contributed by atoms with Crippen LogP contribution in [0.5, 0.6) is 0 Å². The third-order valence-corrected chi connectivity index (χ3v) is 3.56. The minimum Gasteiger partial charge on any atom is -0.239 e. The van der Waals surface area contributed by atoms with Gasteiger partial charge in [0.2, 0.25) is 0 Å². The highest BCUT2D eigenvalue weighted by Crippen LogP contribution is 2.52. The summed E-state index contributed by atoms with van der Waals surface area (Å²) in [4.78, 5) is 0. The first-order valence-corrected chi connectivity index (χ1v) is 5.69. The van der Waals surface area contributed by atoms with Gasteiger partial charge in [0.15, 0.2) is 0 Å². The molecule has 16 heavy (non-hydrogen) atoms. The summed E-state index contributed by atoms with van der Waals surface area (Å²) in [6, 6.07) is 10.3. The summed E-state index contributed by atoms with van der Waals surface area (Å²) < 4.78 is 0. The molecule has 0 radical (unpaired) electrons. The normalized spacial score (nSPS) is 31.0. The van der Waals surface area contributed by atoms with Gasteiger partial charge in [0.1, 0.15) is 6.17 Å². The molecule has 1 aromatic rings. The van der Waals surface area contributed by atoms with Crippen molar-refractivity contribution in [3.8, 4) is 0 Å². The lowest BCUT2D eigenvalue weighted by Crippen LogP contribution is -2.73. The summed E-state index contributed by atoms with van der Waals surface area (Å²) in [6.07, 6.45) is 7.09. The summed E-state index contributed by atoms with van der Waals surface area (Å²) in [5, 5.41) is 1.99. The van der Waals surface area contributed by atoms with Crippen molar-refractivity contribution >= 4 is 5.69 Å². The van der Waals surface area contributed by atoms with Crippen LogP contribution in [0.4, 0.5) is 5.69 Å². The lowest BCUT2D eigenvalue weighted by atomic mass is 10.2. The number of nitrogens with one attached hydrogen (secondary N) is 2. The van der Waals surface area contributed by atoms with E-state index < -0.39 is 0 Å². The number of fused-ring (bicyclic) bond motifs is 1. The minimum absolute atomic E-state index is 0.404. The van der Waals surface area contributed by atoms with E-state index in [9.17, 15) is 0 Å². The Hall–Kier alpha value is -1.58. The molecular formula is C13H13N3. The Kier molecular flexibility index (Phi) is 1.59. The number of anilines is 1. The lowest BCUT2D eigenvalue weighted by Gasteiger charge is -2.43. The maximum atomic E-state index is 3.43. The van der Waals surface area contributed by atoms with Gasteiger partial charge in [0.25, 0.3) is 0 Å². The number of hydrazine groups is 2. The van der Waals surface area contributed by atoms with Crippen LogP contribution in [0, 0.1) is 11.8 Å². The number of nitrogens with zero attached hydrogens (tertiary/aromatic N) is 1. The molecule has 4 rings (SSSR count). The maximum absolute atomic E-state index is 3.43. The molecular weight excluding hydrogens is 198 g/mol. The van der Waals surface area contributed by atoms with Crippen molar-refractivity contribution in [1.29, 1.82) is 0 Å². The molecule has 3 nitrogen and oxygen atoms in total. The Morgan fingerprint density at radius 3 is 2.56 bits per heavy atom. The van der Waals surface area contributed by atoms with Gasteiger partial charge in [0.05, 0.1) is 5.69 Å². The van der Waals surface area contributed by atoms with E-state index in [1.165, 1.54) is 0 Å². The molecule has 2 atom stereocenters. The second-order valence-corrected chi connectivity index (χ2v) is 4.51. The van der Waals surface area contributed by atoms with E-state index in [1.807, 2.05) is 23.3 Å².